The molecule has 0 radical (unpaired) electrons. The molecule has 1 N–H and O–H groups in total. The van der Waals surface area contributed by atoms with E-state index in [1.165, 1.54) is 0 Å². The lowest BCUT2D eigenvalue weighted by Crippen LogP contribution is -2.21. The van der Waals surface area contributed by atoms with Gasteiger partial charge in [-0.05, 0) is 44.0 Å². The van der Waals surface area contributed by atoms with Crippen LogP contribution in [0.15, 0.2) is 42.5 Å². The fourth-order valence-corrected chi connectivity index (χ4v) is 2.34. The van der Waals surface area contributed by atoms with Gasteiger partial charge in [-0.3, -0.25) is 4.79 Å². The maximum absolute atomic E-state index is 11.9. The number of amides is 1. The van der Waals surface area contributed by atoms with E-state index in [-0.39, 0.29) is 12.5 Å². The van der Waals surface area contributed by atoms with Crippen molar-refractivity contribution in [3.8, 4) is 0 Å². The lowest BCUT2D eigenvalue weighted by molar-refractivity contribution is -0.119. The molecule has 0 unspecified atom stereocenters. The summed E-state index contributed by atoms with van der Waals surface area (Å²) in [7, 11) is 0. The maximum atomic E-state index is 11.9. The van der Waals surface area contributed by atoms with E-state index in [1.54, 1.807) is 24.3 Å². The Labute approximate surface area is 130 Å². The zero-order valence-corrected chi connectivity index (χ0v) is 13.0. The Morgan fingerprint density at radius 2 is 1.59 bits per heavy atom. The van der Waals surface area contributed by atoms with Crippen LogP contribution in [0, 0.1) is 20.8 Å². The number of nitrogens with one attached hydrogen (secondary N) is 1. The second-order valence-electron chi connectivity index (χ2n) is 5.26. The third kappa shape index (κ3) is 3.95. The van der Waals surface area contributed by atoms with Crippen LogP contribution >= 0.6 is 0 Å². The van der Waals surface area contributed by atoms with Crippen LogP contribution in [0.25, 0.3) is 0 Å². The molecule has 0 spiro atoms. The molecule has 0 aliphatic heterocycles. The van der Waals surface area contributed by atoms with Crippen molar-refractivity contribution in [3.05, 3.63) is 64.7 Å². The molecular weight excluding hydrogens is 278 g/mol. The highest BCUT2D eigenvalue weighted by Crippen LogP contribution is 2.21. The summed E-state index contributed by atoms with van der Waals surface area (Å²) in [6, 6.07) is 12.6. The lowest BCUT2D eigenvalue weighted by Gasteiger charge is -2.13. The zero-order valence-electron chi connectivity index (χ0n) is 13.0. The third-order valence-electron chi connectivity index (χ3n) is 3.29. The first kappa shape index (κ1) is 15.8. The topological polar surface area (TPSA) is 55.4 Å². The third-order valence-corrected chi connectivity index (χ3v) is 3.29. The van der Waals surface area contributed by atoms with Crippen LogP contribution in [0.2, 0.25) is 0 Å². The van der Waals surface area contributed by atoms with Gasteiger partial charge in [-0.25, -0.2) is 4.79 Å². The van der Waals surface area contributed by atoms with Crippen molar-refractivity contribution in [1.82, 2.24) is 0 Å². The van der Waals surface area contributed by atoms with Crippen molar-refractivity contribution in [2.45, 2.75) is 20.8 Å². The zero-order chi connectivity index (χ0) is 16.1. The molecule has 0 heterocycles. The van der Waals surface area contributed by atoms with E-state index in [1.807, 2.05) is 39.0 Å². The van der Waals surface area contributed by atoms with E-state index in [4.69, 9.17) is 4.74 Å². The highest BCUT2D eigenvalue weighted by Gasteiger charge is 2.12. The Hall–Kier alpha value is -2.62. The van der Waals surface area contributed by atoms with Gasteiger partial charge in [0.2, 0.25) is 0 Å². The number of carbonyl (C=O) groups excluding carboxylic acids is 2. The van der Waals surface area contributed by atoms with Crippen LogP contribution in [0.3, 0.4) is 0 Å². The number of hydrogen-bond acceptors (Lipinski definition) is 3. The number of aryl methyl sites for hydroxylation is 3. The average molecular weight is 297 g/mol. The number of ether oxygens (including phenoxy) is 1. The van der Waals surface area contributed by atoms with Gasteiger partial charge in [0.25, 0.3) is 5.91 Å². The summed E-state index contributed by atoms with van der Waals surface area (Å²) in [6.45, 7) is 5.57. The molecule has 0 fully saturated rings. The summed E-state index contributed by atoms with van der Waals surface area (Å²) in [5, 5.41) is 2.80. The number of anilines is 1. The summed E-state index contributed by atoms with van der Waals surface area (Å²) >= 11 is 0. The minimum absolute atomic E-state index is 0.305. The van der Waals surface area contributed by atoms with Crippen LogP contribution in [-0.2, 0) is 9.53 Å². The van der Waals surface area contributed by atoms with Gasteiger partial charge in [0.1, 0.15) is 0 Å². The normalized spacial score (nSPS) is 10.1. The molecular formula is C18H19NO3. The first-order chi connectivity index (χ1) is 10.5. The van der Waals surface area contributed by atoms with Gasteiger partial charge in [-0.2, -0.15) is 0 Å². The molecule has 2 aromatic carbocycles. The van der Waals surface area contributed by atoms with E-state index >= 15 is 0 Å². The van der Waals surface area contributed by atoms with Crippen LogP contribution < -0.4 is 5.32 Å². The van der Waals surface area contributed by atoms with Crippen LogP contribution in [0.4, 0.5) is 5.69 Å². The molecule has 0 aliphatic carbocycles. The molecule has 1 amide bonds. The molecule has 0 saturated heterocycles. The summed E-state index contributed by atoms with van der Waals surface area (Å²) in [5.74, 6) is -0.854. The van der Waals surface area contributed by atoms with Gasteiger partial charge < -0.3 is 10.1 Å². The summed E-state index contributed by atoms with van der Waals surface area (Å²) < 4.78 is 5.01. The van der Waals surface area contributed by atoms with E-state index in [0.717, 1.165) is 22.4 Å². The highest BCUT2D eigenvalue weighted by atomic mass is 16.5. The monoisotopic (exact) mass is 297 g/mol. The second kappa shape index (κ2) is 6.89. The Kier molecular flexibility index (Phi) is 4.94. The summed E-state index contributed by atoms with van der Waals surface area (Å²) in [4.78, 5) is 23.7. The second-order valence-corrected chi connectivity index (χ2v) is 5.26. The first-order valence-corrected chi connectivity index (χ1v) is 7.07. The summed E-state index contributed by atoms with van der Waals surface area (Å²) in [5.41, 5.74) is 4.31. The molecule has 4 nitrogen and oxygen atoms in total. The largest absolute Gasteiger partial charge is 0.452 e. The van der Waals surface area contributed by atoms with E-state index < -0.39 is 5.97 Å². The number of benzene rings is 2. The molecule has 2 aromatic rings. The van der Waals surface area contributed by atoms with E-state index in [0.29, 0.717) is 5.56 Å². The van der Waals surface area contributed by atoms with Gasteiger partial charge in [-0.1, -0.05) is 35.9 Å². The van der Waals surface area contributed by atoms with Crippen molar-refractivity contribution in [2.24, 2.45) is 0 Å². The minimum Gasteiger partial charge on any atom is -0.452 e. The molecule has 0 aliphatic rings. The van der Waals surface area contributed by atoms with Crippen molar-refractivity contribution >= 4 is 17.6 Å². The molecule has 0 saturated carbocycles. The SMILES string of the molecule is Cc1cc(C)c(NC(=O)COC(=O)c2ccccc2)c(C)c1. The van der Waals surface area contributed by atoms with Crippen LogP contribution in [0.1, 0.15) is 27.0 Å². The predicted octanol–water partition coefficient (Wildman–Crippen LogP) is 3.41. The molecule has 0 bridgehead atoms. The van der Waals surface area contributed by atoms with Crippen molar-refractivity contribution < 1.29 is 14.3 Å². The van der Waals surface area contributed by atoms with Crippen LogP contribution in [0.5, 0.6) is 0 Å². The Morgan fingerprint density at radius 1 is 1.00 bits per heavy atom. The molecule has 114 valence electrons. The minimum atomic E-state index is -0.506. The summed E-state index contributed by atoms with van der Waals surface area (Å²) in [6.07, 6.45) is 0. The Bertz CT molecular complexity index is 670. The fraction of sp³-hybridized carbons (Fsp3) is 0.222. The molecule has 2 rings (SSSR count). The van der Waals surface area contributed by atoms with Gasteiger partial charge in [0, 0.05) is 5.69 Å². The smallest absolute Gasteiger partial charge is 0.338 e. The van der Waals surface area contributed by atoms with E-state index in [9.17, 15) is 9.59 Å². The van der Waals surface area contributed by atoms with Gasteiger partial charge in [0.15, 0.2) is 6.61 Å². The quantitative estimate of drug-likeness (QED) is 0.880. The molecule has 0 aromatic heterocycles. The van der Waals surface area contributed by atoms with Crippen molar-refractivity contribution in [3.63, 3.8) is 0 Å². The molecule has 4 heteroatoms. The predicted molar refractivity (Wildman–Crippen MR) is 86.0 cm³/mol. The Morgan fingerprint density at radius 3 is 2.18 bits per heavy atom. The number of rotatable bonds is 4. The maximum Gasteiger partial charge on any atom is 0.338 e. The standard InChI is InChI=1S/C18H19NO3/c1-12-9-13(2)17(14(3)10-12)19-16(20)11-22-18(21)15-7-5-4-6-8-15/h4-10H,11H2,1-3H3,(H,19,20). The van der Waals surface area contributed by atoms with Gasteiger partial charge in [-0.15, -0.1) is 0 Å². The Balaban J connectivity index is 1.95. The molecule has 22 heavy (non-hydrogen) atoms. The fourth-order valence-electron chi connectivity index (χ4n) is 2.34. The van der Waals surface area contributed by atoms with Crippen molar-refractivity contribution in [2.75, 3.05) is 11.9 Å². The molecule has 0 atom stereocenters. The van der Waals surface area contributed by atoms with Gasteiger partial charge >= 0.3 is 5.97 Å². The number of hydrogen-bond donors (Lipinski definition) is 1. The van der Waals surface area contributed by atoms with E-state index in [2.05, 4.69) is 5.32 Å². The van der Waals surface area contributed by atoms with Crippen LogP contribution in [-0.4, -0.2) is 18.5 Å². The highest BCUT2D eigenvalue weighted by molar-refractivity contribution is 5.96. The van der Waals surface area contributed by atoms with Crippen molar-refractivity contribution in [1.29, 1.82) is 0 Å². The van der Waals surface area contributed by atoms with Gasteiger partial charge in [0.05, 0.1) is 5.56 Å². The lowest BCUT2D eigenvalue weighted by atomic mass is 10.1. The number of esters is 1. The number of carbonyl (C=O) groups is 2. The average Bonchev–Trinajstić information content (AvgIpc) is 2.49. The first-order valence-electron chi connectivity index (χ1n) is 7.07.